The number of rotatable bonds is 3. The van der Waals surface area contributed by atoms with Crippen LogP contribution in [0.25, 0.3) is 5.65 Å². The van der Waals surface area contributed by atoms with Gasteiger partial charge in [0.1, 0.15) is 0 Å². The summed E-state index contributed by atoms with van der Waals surface area (Å²) in [6.45, 7) is 0. The van der Waals surface area contributed by atoms with Crippen molar-refractivity contribution in [3.05, 3.63) is 40.2 Å². The molecule has 0 aliphatic heterocycles. The minimum absolute atomic E-state index is 0.0299. The van der Waals surface area contributed by atoms with Crippen molar-refractivity contribution in [2.75, 3.05) is 0 Å². The number of nitrogens with two attached hydrogens (primary N) is 1. The lowest BCUT2D eigenvalue weighted by Gasteiger charge is -1.94. The second kappa shape index (κ2) is 4.75. The first-order valence-corrected chi connectivity index (χ1v) is 5.20. The maximum absolute atomic E-state index is 11.0. The van der Waals surface area contributed by atoms with E-state index in [0.717, 1.165) is 0 Å². The molecule has 3 N–H and O–H groups in total. The standard InChI is InChI=1S/C9H8N6O2S/c10-9(18)13-11-5-6-8(15(16)17)14-4-2-1-3-7(14)12-6/h1-5H,(H3,10,13,18). The summed E-state index contributed by atoms with van der Waals surface area (Å²) in [6.07, 6.45) is 2.75. The third-order valence-corrected chi connectivity index (χ3v) is 2.16. The van der Waals surface area contributed by atoms with Crippen molar-refractivity contribution < 1.29 is 4.92 Å². The van der Waals surface area contributed by atoms with Crippen molar-refractivity contribution >= 4 is 35.0 Å². The fourth-order valence-electron chi connectivity index (χ4n) is 1.43. The van der Waals surface area contributed by atoms with Gasteiger partial charge in [-0.3, -0.25) is 5.43 Å². The molecule has 2 rings (SSSR count). The van der Waals surface area contributed by atoms with E-state index in [9.17, 15) is 10.1 Å². The van der Waals surface area contributed by atoms with Gasteiger partial charge in [0, 0.05) is 6.07 Å². The summed E-state index contributed by atoms with van der Waals surface area (Å²) in [4.78, 5) is 14.6. The Morgan fingerprint density at radius 1 is 1.67 bits per heavy atom. The third kappa shape index (κ3) is 2.25. The van der Waals surface area contributed by atoms with E-state index in [-0.39, 0.29) is 16.6 Å². The van der Waals surface area contributed by atoms with Crippen LogP contribution in [0.1, 0.15) is 5.69 Å². The van der Waals surface area contributed by atoms with Gasteiger partial charge in [0.05, 0.1) is 12.4 Å². The number of nitro groups is 1. The summed E-state index contributed by atoms with van der Waals surface area (Å²) in [5, 5.41) is 14.6. The van der Waals surface area contributed by atoms with Crippen molar-refractivity contribution in [2.45, 2.75) is 0 Å². The normalized spacial score (nSPS) is 10.9. The number of nitrogens with one attached hydrogen (secondary N) is 1. The van der Waals surface area contributed by atoms with Gasteiger partial charge in [-0.2, -0.15) is 14.5 Å². The van der Waals surface area contributed by atoms with Gasteiger partial charge in [-0.15, -0.1) is 0 Å². The van der Waals surface area contributed by atoms with Crippen LogP contribution >= 0.6 is 12.2 Å². The summed E-state index contributed by atoms with van der Waals surface area (Å²) < 4.78 is 1.36. The molecule has 0 fully saturated rings. The van der Waals surface area contributed by atoms with Gasteiger partial charge in [-0.25, -0.2) is 0 Å². The Bertz CT molecular complexity index is 650. The monoisotopic (exact) mass is 264 g/mol. The smallest absolute Gasteiger partial charge is 0.356 e. The van der Waals surface area contributed by atoms with Crippen molar-refractivity contribution in [3.8, 4) is 0 Å². The molecule has 0 unspecified atom stereocenters. The highest BCUT2D eigenvalue weighted by molar-refractivity contribution is 7.80. The lowest BCUT2D eigenvalue weighted by Crippen LogP contribution is -2.24. The van der Waals surface area contributed by atoms with Crippen LogP contribution in [0, 0.1) is 10.1 Å². The average molecular weight is 264 g/mol. The second-order valence-corrected chi connectivity index (χ2v) is 3.68. The van der Waals surface area contributed by atoms with Crippen molar-refractivity contribution in [3.63, 3.8) is 0 Å². The Kier molecular flexibility index (Phi) is 3.15. The molecule has 0 amide bonds. The van der Waals surface area contributed by atoms with Crippen LogP contribution in [-0.2, 0) is 0 Å². The summed E-state index contributed by atoms with van der Waals surface area (Å²) in [6, 6.07) is 5.07. The number of thiocarbonyl (C=S) groups is 1. The molecule has 0 spiro atoms. The van der Waals surface area contributed by atoms with E-state index < -0.39 is 4.92 Å². The molecule has 0 aliphatic carbocycles. The summed E-state index contributed by atoms with van der Waals surface area (Å²) in [5.74, 6) is -0.168. The van der Waals surface area contributed by atoms with Gasteiger partial charge in [0.2, 0.25) is 5.65 Å². The Morgan fingerprint density at radius 2 is 2.44 bits per heavy atom. The average Bonchev–Trinajstić information content (AvgIpc) is 2.66. The van der Waals surface area contributed by atoms with Crippen LogP contribution in [0.4, 0.5) is 5.82 Å². The Balaban J connectivity index is 2.49. The zero-order valence-corrected chi connectivity index (χ0v) is 9.79. The number of imidazole rings is 1. The number of hydrogen-bond acceptors (Lipinski definition) is 5. The highest BCUT2D eigenvalue weighted by Gasteiger charge is 2.20. The molecule has 2 aromatic rings. The molecule has 0 bridgehead atoms. The van der Waals surface area contributed by atoms with Gasteiger partial charge in [-0.1, -0.05) is 6.07 Å². The second-order valence-electron chi connectivity index (χ2n) is 3.24. The SMILES string of the molecule is NC(=S)NN=Cc1nc2ccccn2c1[N+](=O)[O-]. The summed E-state index contributed by atoms with van der Waals surface area (Å²) in [5.41, 5.74) is 8.07. The maximum Gasteiger partial charge on any atom is 0.356 e. The molecular formula is C9H8N6O2S. The van der Waals surface area contributed by atoms with E-state index in [1.807, 2.05) is 0 Å². The Hall–Kier alpha value is -2.55. The van der Waals surface area contributed by atoms with Gasteiger partial charge in [0.15, 0.2) is 10.8 Å². The predicted molar refractivity (Wildman–Crippen MR) is 69.4 cm³/mol. The topological polar surface area (TPSA) is 111 Å². The van der Waals surface area contributed by atoms with Crippen molar-refractivity contribution in [1.29, 1.82) is 0 Å². The van der Waals surface area contributed by atoms with E-state index in [1.165, 1.54) is 10.6 Å². The first kappa shape index (κ1) is 11.9. The van der Waals surface area contributed by atoms with Crippen LogP contribution in [-0.4, -0.2) is 25.6 Å². The molecule has 0 atom stereocenters. The summed E-state index contributed by atoms with van der Waals surface area (Å²) >= 11 is 4.55. The van der Waals surface area contributed by atoms with Gasteiger partial charge in [-0.05, 0) is 23.2 Å². The molecule has 0 radical (unpaired) electrons. The van der Waals surface area contributed by atoms with Crippen LogP contribution < -0.4 is 11.2 Å². The van der Waals surface area contributed by atoms with Crippen molar-refractivity contribution in [1.82, 2.24) is 14.8 Å². The van der Waals surface area contributed by atoms with Crippen LogP contribution in [0.15, 0.2) is 29.5 Å². The molecule has 2 heterocycles. The molecule has 0 saturated heterocycles. The molecule has 0 aromatic carbocycles. The van der Waals surface area contributed by atoms with E-state index >= 15 is 0 Å². The van der Waals surface area contributed by atoms with Crippen LogP contribution in [0.2, 0.25) is 0 Å². The molecule has 0 saturated carbocycles. The van der Waals surface area contributed by atoms with Crippen LogP contribution in [0.5, 0.6) is 0 Å². The number of aromatic nitrogens is 2. The lowest BCUT2D eigenvalue weighted by molar-refractivity contribution is -0.390. The molecule has 2 aromatic heterocycles. The van der Waals surface area contributed by atoms with Crippen molar-refractivity contribution in [2.24, 2.45) is 10.8 Å². The molecule has 8 nitrogen and oxygen atoms in total. The maximum atomic E-state index is 11.0. The minimum Gasteiger partial charge on any atom is -0.375 e. The van der Waals surface area contributed by atoms with Gasteiger partial charge < -0.3 is 15.8 Å². The number of pyridine rings is 1. The minimum atomic E-state index is -0.526. The van der Waals surface area contributed by atoms with Crippen LogP contribution in [0.3, 0.4) is 0 Å². The quantitative estimate of drug-likeness (QED) is 0.359. The number of fused-ring (bicyclic) bond motifs is 1. The lowest BCUT2D eigenvalue weighted by atomic mass is 10.4. The van der Waals surface area contributed by atoms with E-state index in [1.54, 1.807) is 24.4 Å². The predicted octanol–water partition coefficient (Wildman–Crippen LogP) is 0.410. The third-order valence-electron chi connectivity index (χ3n) is 2.07. The fourth-order valence-corrected chi connectivity index (χ4v) is 1.48. The largest absolute Gasteiger partial charge is 0.375 e. The fraction of sp³-hybridized carbons (Fsp3) is 0. The number of hydrazone groups is 1. The summed E-state index contributed by atoms with van der Waals surface area (Å²) in [7, 11) is 0. The Morgan fingerprint density at radius 3 is 3.11 bits per heavy atom. The molecule has 0 aliphatic rings. The molecular weight excluding hydrogens is 256 g/mol. The van der Waals surface area contributed by atoms with Gasteiger partial charge in [0.25, 0.3) is 0 Å². The first-order chi connectivity index (χ1) is 8.59. The number of hydrogen-bond donors (Lipinski definition) is 2. The van der Waals surface area contributed by atoms with E-state index in [0.29, 0.717) is 5.65 Å². The van der Waals surface area contributed by atoms with E-state index in [4.69, 9.17) is 5.73 Å². The highest BCUT2D eigenvalue weighted by Crippen LogP contribution is 2.18. The van der Waals surface area contributed by atoms with Gasteiger partial charge >= 0.3 is 5.82 Å². The molecule has 92 valence electrons. The zero-order valence-electron chi connectivity index (χ0n) is 8.98. The Labute approximate surface area is 106 Å². The number of nitrogens with zero attached hydrogens (tertiary/aromatic N) is 4. The zero-order chi connectivity index (χ0) is 13.1. The molecule has 9 heteroatoms. The highest BCUT2D eigenvalue weighted by atomic mass is 32.1. The first-order valence-electron chi connectivity index (χ1n) is 4.79. The molecule has 18 heavy (non-hydrogen) atoms. The van der Waals surface area contributed by atoms with E-state index in [2.05, 4.69) is 27.7 Å².